The Morgan fingerprint density at radius 2 is 2.00 bits per heavy atom. The van der Waals surface area contributed by atoms with Gasteiger partial charge in [-0.1, -0.05) is 0 Å². The van der Waals surface area contributed by atoms with Crippen molar-refractivity contribution in [2.45, 2.75) is 51.8 Å². The van der Waals surface area contributed by atoms with E-state index in [4.69, 9.17) is 9.47 Å². The third-order valence-electron chi connectivity index (χ3n) is 5.23. The van der Waals surface area contributed by atoms with Gasteiger partial charge in [0.05, 0.1) is 18.8 Å². The molecule has 0 N–H and O–H groups in total. The first-order chi connectivity index (χ1) is 12.6. The first-order valence-electron chi connectivity index (χ1n) is 9.58. The number of aromatic nitrogens is 1. The molecule has 3 rings (SSSR count). The molecule has 0 bridgehead atoms. The smallest absolute Gasteiger partial charge is 0.421 e. The van der Waals surface area contributed by atoms with Gasteiger partial charge in [0, 0.05) is 30.6 Å². The van der Waals surface area contributed by atoms with Crippen molar-refractivity contribution in [1.82, 2.24) is 9.88 Å². The van der Waals surface area contributed by atoms with Gasteiger partial charge in [0.2, 0.25) is 5.88 Å². The second-order valence-electron chi connectivity index (χ2n) is 8.96. The van der Waals surface area contributed by atoms with Crippen molar-refractivity contribution in [2.24, 2.45) is 11.3 Å². The Morgan fingerprint density at radius 1 is 1.26 bits per heavy atom. The summed E-state index contributed by atoms with van der Waals surface area (Å²) in [6.45, 7) is 10.1. The number of hydrogen-bond donors (Lipinski definition) is 0. The summed E-state index contributed by atoms with van der Waals surface area (Å²) in [5, 5.41) is 0. The predicted molar refractivity (Wildman–Crippen MR) is 96.7 cm³/mol. The minimum atomic E-state index is -4.45. The van der Waals surface area contributed by atoms with E-state index < -0.39 is 11.7 Å². The molecule has 152 valence electrons. The highest BCUT2D eigenvalue weighted by Crippen LogP contribution is 2.47. The molecule has 1 aliphatic carbocycles. The second kappa shape index (κ2) is 7.59. The summed E-state index contributed by atoms with van der Waals surface area (Å²) < 4.78 is 50.5. The standard InChI is InChI=1S/C20H29F3N2O2/c1-18(2,3)27-14-19(7-8-19)13-25-10-6-15(11-25)12-26-17-16(20(21,22)23)5-4-9-24-17/h4-5,9,15H,6-8,10-14H2,1-3H3/t15-/m0/s1. The third-order valence-corrected chi connectivity index (χ3v) is 5.23. The van der Waals surface area contributed by atoms with E-state index in [1.807, 2.05) is 0 Å². The molecule has 1 saturated carbocycles. The van der Waals surface area contributed by atoms with Crippen LogP contribution in [0.4, 0.5) is 13.2 Å². The number of likely N-dealkylation sites (tertiary alicyclic amines) is 1. The van der Waals surface area contributed by atoms with E-state index in [0.717, 1.165) is 38.7 Å². The molecule has 27 heavy (non-hydrogen) atoms. The third kappa shape index (κ3) is 5.82. The zero-order valence-corrected chi connectivity index (χ0v) is 16.3. The van der Waals surface area contributed by atoms with E-state index in [9.17, 15) is 13.2 Å². The number of halogens is 3. The highest BCUT2D eigenvalue weighted by atomic mass is 19.4. The van der Waals surface area contributed by atoms with Gasteiger partial charge in [0.1, 0.15) is 5.56 Å². The number of nitrogens with zero attached hydrogens (tertiary/aromatic N) is 2. The lowest BCUT2D eigenvalue weighted by Gasteiger charge is -2.27. The Balaban J connectivity index is 1.47. The van der Waals surface area contributed by atoms with Crippen LogP contribution in [0.3, 0.4) is 0 Å². The molecule has 2 heterocycles. The first kappa shape index (κ1) is 20.4. The highest BCUT2D eigenvalue weighted by molar-refractivity contribution is 5.28. The molecule has 1 saturated heterocycles. The normalized spacial score (nSPS) is 22.8. The van der Waals surface area contributed by atoms with Crippen LogP contribution >= 0.6 is 0 Å². The van der Waals surface area contributed by atoms with Crippen LogP contribution in [0.2, 0.25) is 0 Å². The lowest BCUT2D eigenvalue weighted by molar-refractivity contribution is -0.139. The molecule has 2 fully saturated rings. The Labute approximate surface area is 159 Å². The first-order valence-corrected chi connectivity index (χ1v) is 9.58. The minimum Gasteiger partial charge on any atom is -0.477 e. The van der Waals surface area contributed by atoms with Crippen molar-refractivity contribution in [3.05, 3.63) is 23.9 Å². The van der Waals surface area contributed by atoms with E-state index in [1.165, 1.54) is 25.1 Å². The molecule has 0 aromatic carbocycles. The molecule has 1 aromatic rings. The van der Waals surface area contributed by atoms with Gasteiger partial charge in [0.25, 0.3) is 0 Å². The molecule has 1 aliphatic heterocycles. The van der Waals surface area contributed by atoms with Gasteiger partial charge in [-0.25, -0.2) is 4.98 Å². The number of ether oxygens (including phenoxy) is 2. The van der Waals surface area contributed by atoms with E-state index in [0.29, 0.717) is 0 Å². The Hall–Kier alpha value is -1.34. The number of pyridine rings is 1. The fourth-order valence-corrected chi connectivity index (χ4v) is 3.48. The summed E-state index contributed by atoms with van der Waals surface area (Å²) in [7, 11) is 0. The second-order valence-corrected chi connectivity index (χ2v) is 8.96. The monoisotopic (exact) mass is 386 g/mol. The summed E-state index contributed by atoms with van der Waals surface area (Å²) >= 11 is 0. The predicted octanol–water partition coefficient (Wildman–Crippen LogP) is 4.40. The van der Waals surface area contributed by atoms with Crippen LogP contribution in [0.1, 0.15) is 45.6 Å². The number of hydrogen-bond acceptors (Lipinski definition) is 4. The van der Waals surface area contributed by atoms with Crippen molar-refractivity contribution >= 4 is 0 Å². The fourth-order valence-electron chi connectivity index (χ4n) is 3.48. The quantitative estimate of drug-likeness (QED) is 0.696. The maximum Gasteiger partial charge on any atom is 0.421 e. The summed E-state index contributed by atoms with van der Waals surface area (Å²) in [5.74, 6) is -0.0897. The van der Waals surface area contributed by atoms with E-state index in [1.54, 1.807) is 0 Å². The molecule has 4 nitrogen and oxygen atoms in total. The van der Waals surface area contributed by atoms with Gasteiger partial charge in [0.15, 0.2) is 0 Å². The van der Waals surface area contributed by atoms with Crippen molar-refractivity contribution in [3.8, 4) is 5.88 Å². The van der Waals surface area contributed by atoms with Gasteiger partial charge in [-0.2, -0.15) is 13.2 Å². The molecule has 1 aromatic heterocycles. The summed E-state index contributed by atoms with van der Waals surface area (Å²) in [5.41, 5.74) is -0.681. The topological polar surface area (TPSA) is 34.6 Å². The lowest BCUT2D eigenvalue weighted by atomic mass is 10.1. The molecule has 0 amide bonds. The lowest BCUT2D eigenvalue weighted by Crippen LogP contribution is -2.34. The van der Waals surface area contributed by atoms with Crippen LogP contribution in [0.15, 0.2) is 18.3 Å². The van der Waals surface area contributed by atoms with Gasteiger partial charge < -0.3 is 14.4 Å². The molecule has 0 radical (unpaired) electrons. The maximum atomic E-state index is 13.0. The van der Waals surface area contributed by atoms with Crippen LogP contribution < -0.4 is 4.74 Å². The Morgan fingerprint density at radius 3 is 2.63 bits per heavy atom. The summed E-state index contributed by atoms with van der Waals surface area (Å²) in [6.07, 6.45) is 0.186. The summed E-state index contributed by atoms with van der Waals surface area (Å²) in [4.78, 5) is 6.17. The van der Waals surface area contributed by atoms with Gasteiger partial charge in [-0.05, 0) is 58.7 Å². The average Bonchev–Trinajstić information content (AvgIpc) is 3.19. The van der Waals surface area contributed by atoms with Gasteiger partial charge in [-0.15, -0.1) is 0 Å². The molecule has 7 heteroatoms. The maximum absolute atomic E-state index is 13.0. The Kier molecular flexibility index (Phi) is 5.73. The number of rotatable bonds is 7. The van der Waals surface area contributed by atoms with E-state index in [-0.39, 0.29) is 29.4 Å². The molecule has 0 unspecified atom stereocenters. The zero-order chi connectivity index (χ0) is 19.7. The largest absolute Gasteiger partial charge is 0.477 e. The fraction of sp³-hybridized carbons (Fsp3) is 0.750. The van der Waals surface area contributed by atoms with Crippen LogP contribution in [-0.4, -0.2) is 48.3 Å². The van der Waals surface area contributed by atoms with Gasteiger partial charge in [-0.3, -0.25) is 0 Å². The average molecular weight is 386 g/mol. The highest BCUT2D eigenvalue weighted by Gasteiger charge is 2.46. The minimum absolute atomic E-state index is 0.129. The molecular weight excluding hydrogens is 357 g/mol. The van der Waals surface area contributed by atoms with Crippen LogP contribution in [0.5, 0.6) is 5.88 Å². The van der Waals surface area contributed by atoms with Crippen LogP contribution in [0, 0.1) is 11.3 Å². The molecule has 0 spiro atoms. The van der Waals surface area contributed by atoms with Crippen molar-refractivity contribution < 1.29 is 22.6 Å². The SMILES string of the molecule is CC(C)(C)OCC1(CN2CC[C@H](COc3ncccc3C(F)(F)F)C2)CC1. The Bertz CT molecular complexity index is 639. The van der Waals surface area contributed by atoms with E-state index >= 15 is 0 Å². The molecule has 1 atom stereocenters. The van der Waals surface area contributed by atoms with Crippen molar-refractivity contribution in [2.75, 3.05) is 32.8 Å². The van der Waals surface area contributed by atoms with Crippen LogP contribution in [-0.2, 0) is 10.9 Å². The van der Waals surface area contributed by atoms with E-state index in [2.05, 4.69) is 30.7 Å². The molecule has 2 aliphatic rings. The molecular formula is C20H29F3N2O2. The number of alkyl halides is 3. The summed E-state index contributed by atoms with van der Waals surface area (Å²) in [6, 6.07) is 2.29. The van der Waals surface area contributed by atoms with Crippen LogP contribution in [0.25, 0.3) is 0 Å². The zero-order valence-electron chi connectivity index (χ0n) is 16.3. The van der Waals surface area contributed by atoms with Crippen molar-refractivity contribution in [3.63, 3.8) is 0 Å². The van der Waals surface area contributed by atoms with Gasteiger partial charge >= 0.3 is 6.18 Å². The van der Waals surface area contributed by atoms with Crippen molar-refractivity contribution in [1.29, 1.82) is 0 Å².